The summed E-state index contributed by atoms with van der Waals surface area (Å²) < 4.78 is 5.10. The van der Waals surface area contributed by atoms with Crippen molar-refractivity contribution in [2.24, 2.45) is 0 Å². The minimum absolute atomic E-state index is 0.672. The minimum atomic E-state index is 0.672. The fraction of sp³-hybridized carbons (Fsp3) is 0.250. The molecule has 0 radical (unpaired) electrons. The summed E-state index contributed by atoms with van der Waals surface area (Å²) in [6.07, 6.45) is 0. The lowest BCUT2D eigenvalue weighted by molar-refractivity contribution is 0.185. The van der Waals surface area contributed by atoms with Crippen molar-refractivity contribution in [2.75, 3.05) is 12.4 Å². The van der Waals surface area contributed by atoms with Crippen LogP contribution in [-0.4, -0.2) is 7.11 Å². The SMILES string of the molecule is COCc1ccc(CNc2ccccc2C)cc1. The monoisotopic (exact) mass is 241 g/mol. The van der Waals surface area contributed by atoms with Gasteiger partial charge < -0.3 is 10.1 Å². The Kier molecular flexibility index (Phi) is 4.37. The first-order valence-corrected chi connectivity index (χ1v) is 6.16. The molecule has 0 unspecified atom stereocenters. The van der Waals surface area contributed by atoms with Crippen LogP contribution in [0.15, 0.2) is 48.5 Å². The predicted molar refractivity (Wildman–Crippen MR) is 75.7 cm³/mol. The van der Waals surface area contributed by atoms with Gasteiger partial charge in [0.15, 0.2) is 0 Å². The summed E-state index contributed by atoms with van der Waals surface area (Å²) in [4.78, 5) is 0. The lowest BCUT2D eigenvalue weighted by Gasteiger charge is -2.09. The molecule has 0 atom stereocenters. The van der Waals surface area contributed by atoms with Crippen molar-refractivity contribution in [3.8, 4) is 0 Å². The van der Waals surface area contributed by atoms with E-state index in [9.17, 15) is 0 Å². The number of para-hydroxylation sites is 1. The Morgan fingerprint density at radius 3 is 2.28 bits per heavy atom. The lowest BCUT2D eigenvalue weighted by Crippen LogP contribution is -2.01. The van der Waals surface area contributed by atoms with Gasteiger partial charge in [-0.2, -0.15) is 0 Å². The molecule has 2 rings (SSSR count). The minimum Gasteiger partial charge on any atom is -0.381 e. The second-order valence-corrected chi connectivity index (χ2v) is 4.42. The summed E-state index contributed by atoms with van der Waals surface area (Å²) >= 11 is 0. The van der Waals surface area contributed by atoms with Crippen LogP contribution in [0.5, 0.6) is 0 Å². The van der Waals surface area contributed by atoms with Gasteiger partial charge in [0.2, 0.25) is 0 Å². The van der Waals surface area contributed by atoms with Gasteiger partial charge in [0.25, 0.3) is 0 Å². The second-order valence-electron chi connectivity index (χ2n) is 4.42. The average Bonchev–Trinajstić information content (AvgIpc) is 2.40. The standard InChI is InChI=1S/C16H19NO/c1-13-5-3-4-6-16(13)17-11-14-7-9-15(10-8-14)12-18-2/h3-10,17H,11-12H2,1-2H3. The number of anilines is 1. The lowest BCUT2D eigenvalue weighted by atomic mass is 10.1. The predicted octanol–water partition coefficient (Wildman–Crippen LogP) is 3.75. The van der Waals surface area contributed by atoms with E-state index in [1.165, 1.54) is 22.4 Å². The fourth-order valence-electron chi connectivity index (χ4n) is 1.89. The quantitative estimate of drug-likeness (QED) is 0.860. The molecule has 94 valence electrons. The molecule has 0 fully saturated rings. The van der Waals surface area contributed by atoms with Gasteiger partial charge in [0, 0.05) is 19.3 Å². The Labute approximate surface area is 109 Å². The molecule has 0 amide bonds. The molecule has 18 heavy (non-hydrogen) atoms. The zero-order valence-electron chi connectivity index (χ0n) is 10.9. The fourth-order valence-corrected chi connectivity index (χ4v) is 1.89. The van der Waals surface area contributed by atoms with E-state index in [1.807, 2.05) is 0 Å². The Bertz CT molecular complexity index is 491. The van der Waals surface area contributed by atoms with Crippen molar-refractivity contribution < 1.29 is 4.74 Å². The summed E-state index contributed by atoms with van der Waals surface area (Å²) in [5.74, 6) is 0. The summed E-state index contributed by atoms with van der Waals surface area (Å²) in [5, 5.41) is 3.45. The molecule has 0 aliphatic heterocycles. The smallest absolute Gasteiger partial charge is 0.0713 e. The van der Waals surface area contributed by atoms with Crippen molar-refractivity contribution in [1.29, 1.82) is 0 Å². The van der Waals surface area contributed by atoms with Crippen molar-refractivity contribution in [3.63, 3.8) is 0 Å². The maximum Gasteiger partial charge on any atom is 0.0713 e. The summed E-state index contributed by atoms with van der Waals surface area (Å²) in [6, 6.07) is 16.8. The molecule has 2 heteroatoms. The molecular weight excluding hydrogens is 222 g/mol. The molecule has 0 aliphatic rings. The highest BCUT2D eigenvalue weighted by atomic mass is 16.5. The number of aryl methyl sites for hydroxylation is 1. The van der Waals surface area contributed by atoms with E-state index in [0.717, 1.165) is 6.54 Å². The highest BCUT2D eigenvalue weighted by molar-refractivity contribution is 5.50. The van der Waals surface area contributed by atoms with Gasteiger partial charge in [-0.1, -0.05) is 42.5 Å². The third kappa shape index (κ3) is 3.34. The Morgan fingerprint density at radius 1 is 0.944 bits per heavy atom. The molecule has 1 N–H and O–H groups in total. The van der Waals surface area contributed by atoms with Gasteiger partial charge in [-0.3, -0.25) is 0 Å². The topological polar surface area (TPSA) is 21.3 Å². The van der Waals surface area contributed by atoms with Crippen LogP contribution in [0, 0.1) is 6.92 Å². The molecule has 0 aliphatic carbocycles. The van der Waals surface area contributed by atoms with Crippen molar-refractivity contribution >= 4 is 5.69 Å². The Morgan fingerprint density at radius 2 is 1.61 bits per heavy atom. The van der Waals surface area contributed by atoms with Crippen molar-refractivity contribution in [2.45, 2.75) is 20.1 Å². The molecule has 0 saturated heterocycles. The molecule has 0 saturated carbocycles. The van der Waals surface area contributed by atoms with Crippen LogP contribution in [0.1, 0.15) is 16.7 Å². The van der Waals surface area contributed by atoms with Gasteiger partial charge in [0.1, 0.15) is 0 Å². The van der Waals surface area contributed by atoms with Crippen LogP contribution < -0.4 is 5.32 Å². The summed E-state index contributed by atoms with van der Waals surface area (Å²) in [5.41, 5.74) is 4.95. The van der Waals surface area contributed by atoms with Crippen LogP contribution in [0.2, 0.25) is 0 Å². The highest BCUT2D eigenvalue weighted by Gasteiger charge is 1.97. The van der Waals surface area contributed by atoms with Gasteiger partial charge in [-0.25, -0.2) is 0 Å². The number of hydrogen-bond donors (Lipinski definition) is 1. The van der Waals surface area contributed by atoms with E-state index in [-0.39, 0.29) is 0 Å². The van der Waals surface area contributed by atoms with E-state index >= 15 is 0 Å². The Hall–Kier alpha value is -1.80. The largest absolute Gasteiger partial charge is 0.381 e. The molecule has 2 nitrogen and oxygen atoms in total. The van der Waals surface area contributed by atoms with E-state index < -0.39 is 0 Å². The molecule has 0 spiro atoms. The first-order chi connectivity index (χ1) is 8.79. The van der Waals surface area contributed by atoms with Crippen molar-refractivity contribution in [3.05, 3.63) is 65.2 Å². The number of benzene rings is 2. The van der Waals surface area contributed by atoms with Crippen LogP contribution in [0.3, 0.4) is 0 Å². The molecule has 2 aromatic rings. The van der Waals surface area contributed by atoms with E-state index in [1.54, 1.807) is 7.11 Å². The third-order valence-electron chi connectivity index (χ3n) is 2.96. The second kappa shape index (κ2) is 6.22. The number of rotatable bonds is 5. The number of nitrogens with one attached hydrogen (secondary N) is 1. The molecular formula is C16H19NO. The Balaban J connectivity index is 1.96. The first-order valence-electron chi connectivity index (χ1n) is 6.16. The molecule has 2 aromatic carbocycles. The van der Waals surface area contributed by atoms with Gasteiger partial charge in [0.05, 0.1) is 6.61 Å². The van der Waals surface area contributed by atoms with Gasteiger partial charge >= 0.3 is 0 Å². The first kappa shape index (κ1) is 12.7. The van der Waals surface area contributed by atoms with Crippen LogP contribution in [0.25, 0.3) is 0 Å². The third-order valence-corrected chi connectivity index (χ3v) is 2.96. The number of ether oxygens (including phenoxy) is 1. The number of hydrogen-bond acceptors (Lipinski definition) is 2. The molecule has 0 heterocycles. The number of methoxy groups -OCH3 is 1. The zero-order valence-corrected chi connectivity index (χ0v) is 10.9. The summed E-state index contributed by atoms with van der Waals surface area (Å²) in [6.45, 7) is 3.63. The maximum absolute atomic E-state index is 5.10. The van der Waals surface area contributed by atoms with Crippen molar-refractivity contribution in [1.82, 2.24) is 0 Å². The highest BCUT2D eigenvalue weighted by Crippen LogP contribution is 2.15. The normalized spacial score (nSPS) is 10.3. The average molecular weight is 241 g/mol. The van der Waals surface area contributed by atoms with E-state index in [0.29, 0.717) is 6.61 Å². The van der Waals surface area contributed by atoms with Gasteiger partial charge in [-0.05, 0) is 29.7 Å². The van der Waals surface area contributed by atoms with Crippen LogP contribution >= 0.6 is 0 Å². The molecule has 0 aromatic heterocycles. The maximum atomic E-state index is 5.10. The van der Waals surface area contributed by atoms with Crippen LogP contribution in [-0.2, 0) is 17.9 Å². The summed E-state index contributed by atoms with van der Waals surface area (Å²) in [7, 11) is 1.72. The zero-order chi connectivity index (χ0) is 12.8. The van der Waals surface area contributed by atoms with E-state index in [4.69, 9.17) is 4.74 Å². The van der Waals surface area contributed by atoms with Crippen LogP contribution in [0.4, 0.5) is 5.69 Å². The molecule has 0 bridgehead atoms. The van der Waals surface area contributed by atoms with Gasteiger partial charge in [-0.15, -0.1) is 0 Å². The van der Waals surface area contributed by atoms with E-state index in [2.05, 4.69) is 60.8 Å².